The second kappa shape index (κ2) is 8.85. The highest BCUT2D eigenvalue weighted by molar-refractivity contribution is 5.91. The van der Waals surface area contributed by atoms with Crippen LogP contribution in [-0.4, -0.2) is 29.8 Å². The molecular formula is C21H22N4O3. The van der Waals surface area contributed by atoms with Crippen LogP contribution in [0.1, 0.15) is 11.1 Å². The summed E-state index contributed by atoms with van der Waals surface area (Å²) in [6.45, 7) is 3.89. The molecule has 0 saturated carbocycles. The first-order chi connectivity index (χ1) is 13.6. The molecule has 1 amide bonds. The van der Waals surface area contributed by atoms with Gasteiger partial charge < -0.3 is 20.1 Å². The van der Waals surface area contributed by atoms with Gasteiger partial charge in [-0.25, -0.2) is 0 Å². The molecule has 0 aliphatic heterocycles. The maximum Gasteiger partial charge on any atom is 0.263 e. The van der Waals surface area contributed by atoms with Gasteiger partial charge in [-0.2, -0.15) is 0 Å². The Morgan fingerprint density at radius 3 is 2.18 bits per heavy atom. The maximum atomic E-state index is 12.1. The van der Waals surface area contributed by atoms with Gasteiger partial charge in [0.25, 0.3) is 5.91 Å². The molecule has 0 saturated heterocycles. The van der Waals surface area contributed by atoms with Crippen molar-refractivity contribution in [1.29, 1.82) is 0 Å². The molecule has 7 nitrogen and oxygen atoms in total. The number of carbonyl (C=O) groups is 1. The van der Waals surface area contributed by atoms with Crippen molar-refractivity contribution in [2.24, 2.45) is 0 Å². The van der Waals surface area contributed by atoms with E-state index in [1.165, 1.54) is 0 Å². The van der Waals surface area contributed by atoms with Crippen LogP contribution in [0.15, 0.2) is 54.6 Å². The van der Waals surface area contributed by atoms with Crippen LogP contribution < -0.4 is 20.1 Å². The van der Waals surface area contributed by atoms with Crippen LogP contribution in [-0.2, 0) is 4.79 Å². The Kier molecular flexibility index (Phi) is 6.06. The van der Waals surface area contributed by atoms with Crippen molar-refractivity contribution >= 4 is 23.2 Å². The summed E-state index contributed by atoms with van der Waals surface area (Å²) in [6.07, 6.45) is 0. The lowest BCUT2D eigenvalue weighted by Crippen LogP contribution is -2.21. The van der Waals surface area contributed by atoms with E-state index in [2.05, 4.69) is 20.8 Å². The highest BCUT2D eigenvalue weighted by Crippen LogP contribution is 2.26. The molecule has 0 aliphatic carbocycles. The smallest absolute Gasteiger partial charge is 0.263 e. The lowest BCUT2D eigenvalue weighted by atomic mass is 10.1. The fourth-order valence-electron chi connectivity index (χ4n) is 2.67. The summed E-state index contributed by atoms with van der Waals surface area (Å²) in [5, 5.41) is 14.1. The monoisotopic (exact) mass is 378 g/mol. The predicted molar refractivity (Wildman–Crippen MR) is 108 cm³/mol. The predicted octanol–water partition coefficient (Wildman–Crippen LogP) is 3.86. The summed E-state index contributed by atoms with van der Waals surface area (Å²) in [5.41, 5.74) is 3.24. The lowest BCUT2D eigenvalue weighted by Gasteiger charge is -2.12. The minimum Gasteiger partial charge on any atom is -0.493 e. The number of aromatic nitrogens is 2. The van der Waals surface area contributed by atoms with Crippen LogP contribution in [0.4, 0.5) is 17.3 Å². The van der Waals surface area contributed by atoms with Gasteiger partial charge in [0.15, 0.2) is 29.7 Å². The van der Waals surface area contributed by atoms with Crippen molar-refractivity contribution < 1.29 is 14.3 Å². The van der Waals surface area contributed by atoms with Crippen molar-refractivity contribution in [3.05, 3.63) is 65.7 Å². The minimum absolute atomic E-state index is 0.162. The molecule has 0 radical (unpaired) electrons. The van der Waals surface area contributed by atoms with Crippen LogP contribution >= 0.6 is 0 Å². The highest BCUT2D eigenvalue weighted by Gasteiger charge is 2.09. The number of hydrogen-bond donors (Lipinski definition) is 2. The average molecular weight is 378 g/mol. The Balaban J connectivity index is 1.57. The topological polar surface area (TPSA) is 85.4 Å². The average Bonchev–Trinajstić information content (AvgIpc) is 2.71. The fourth-order valence-corrected chi connectivity index (χ4v) is 2.67. The van der Waals surface area contributed by atoms with E-state index in [4.69, 9.17) is 9.47 Å². The number of carbonyl (C=O) groups excluding carboxylic acids is 1. The number of anilines is 3. The van der Waals surface area contributed by atoms with Gasteiger partial charge in [-0.1, -0.05) is 30.3 Å². The van der Waals surface area contributed by atoms with Gasteiger partial charge in [0.2, 0.25) is 0 Å². The zero-order valence-electron chi connectivity index (χ0n) is 16.0. The molecule has 3 rings (SSSR count). The molecule has 28 heavy (non-hydrogen) atoms. The number of rotatable bonds is 7. The Bertz CT molecular complexity index is 938. The fraction of sp³-hybridized carbons (Fsp3) is 0.190. The summed E-state index contributed by atoms with van der Waals surface area (Å²) in [4.78, 5) is 12.1. The van der Waals surface area contributed by atoms with Crippen LogP contribution in [0.2, 0.25) is 0 Å². The Hall–Kier alpha value is -3.61. The van der Waals surface area contributed by atoms with Crippen LogP contribution in [0.5, 0.6) is 11.5 Å². The Morgan fingerprint density at radius 2 is 1.54 bits per heavy atom. The number of methoxy groups -OCH3 is 1. The number of nitrogens with zero attached hydrogens (tertiary/aromatic N) is 2. The van der Waals surface area contributed by atoms with Gasteiger partial charge >= 0.3 is 0 Å². The number of amides is 1. The summed E-state index contributed by atoms with van der Waals surface area (Å²) in [6, 6.07) is 16.6. The van der Waals surface area contributed by atoms with E-state index < -0.39 is 0 Å². The van der Waals surface area contributed by atoms with E-state index in [9.17, 15) is 4.79 Å². The minimum atomic E-state index is -0.337. The molecular weight excluding hydrogens is 356 g/mol. The third kappa shape index (κ3) is 4.76. The number of nitrogens with one attached hydrogen (secondary N) is 2. The molecule has 0 atom stereocenters. The van der Waals surface area contributed by atoms with Crippen molar-refractivity contribution in [2.45, 2.75) is 13.8 Å². The number of benzene rings is 2. The molecule has 0 bridgehead atoms. The van der Waals surface area contributed by atoms with Crippen molar-refractivity contribution in [2.75, 3.05) is 24.4 Å². The number of para-hydroxylation sites is 3. The normalized spacial score (nSPS) is 10.2. The number of ether oxygens (including phenoxy) is 2. The SMILES string of the molecule is COc1ccccc1OCC(=O)Nc1ccc(Nc2c(C)cccc2C)nn1. The molecule has 0 aliphatic rings. The quantitative estimate of drug-likeness (QED) is 0.649. The van der Waals surface area contributed by atoms with E-state index in [-0.39, 0.29) is 12.5 Å². The standard InChI is InChI=1S/C21H22N4O3/c1-14-7-6-8-15(2)21(14)23-19-12-11-18(24-25-19)22-20(26)13-28-17-10-5-4-9-16(17)27-3/h4-12H,13H2,1-3H3,(H,23,25)(H,22,24,26). The van der Waals surface area contributed by atoms with E-state index in [1.54, 1.807) is 31.4 Å². The molecule has 144 valence electrons. The van der Waals surface area contributed by atoms with Gasteiger partial charge in [-0.05, 0) is 49.2 Å². The maximum absolute atomic E-state index is 12.1. The van der Waals surface area contributed by atoms with Crippen molar-refractivity contribution in [3.8, 4) is 11.5 Å². The summed E-state index contributed by atoms with van der Waals surface area (Å²) >= 11 is 0. The molecule has 2 aromatic carbocycles. The molecule has 1 aromatic heterocycles. The summed E-state index contributed by atoms with van der Waals surface area (Å²) in [7, 11) is 1.55. The molecule has 3 aromatic rings. The second-order valence-electron chi connectivity index (χ2n) is 6.18. The first kappa shape index (κ1) is 19.2. The Morgan fingerprint density at radius 1 is 0.893 bits per heavy atom. The van der Waals surface area contributed by atoms with Gasteiger partial charge in [-0.15, -0.1) is 10.2 Å². The Labute approximate surface area is 163 Å². The second-order valence-corrected chi connectivity index (χ2v) is 6.18. The van der Waals surface area contributed by atoms with Crippen LogP contribution in [0.25, 0.3) is 0 Å². The van der Waals surface area contributed by atoms with Crippen molar-refractivity contribution in [3.63, 3.8) is 0 Å². The summed E-state index contributed by atoms with van der Waals surface area (Å²) < 4.78 is 10.7. The van der Waals surface area contributed by atoms with E-state index >= 15 is 0 Å². The largest absolute Gasteiger partial charge is 0.493 e. The first-order valence-electron chi connectivity index (χ1n) is 8.79. The van der Waals surface area contributed by atoms with E-state index in [0.29, 0.717) is 23.1 Å². The van der Waals surface area contributed by atoms with Crippen LogP contribution in [0.3, 0.4) is 0 Å². The summed E-state index contributed by atoms with van der Waals surface area (Å²) in [5.74, 6) is 1.67. The zero-order valence-corrected chi connectivity index (χ0v) is 16.0. The molecule has 0 fully saturated rings. The zero-order chi connectivity index (χ0) is 19.9. The van der Waals surface area contributed by atoms with Gasteiger partial charge in [-0.3, -0.25) is 4.79 Å². The third-order valence-electron chi connectivity index (χ3n) is 4.09. The number of hydrogen-bond acceptors (Lipinski definition) is 6. The molecule has 7 heteroatoms. The van der Waals surface area contributed by atoms with Gasteiger partial charge in [0, 0.05) is 5.69 Å². The van der Waals surface area contributed by atoms with Gasteiger partial charge in [0.05, 0.1) is 7.11 Å². The lowest BCUT2D eigenvalue weighted by molar-refractivity contribution is -0.118. The molecule has 1 heterocycles. The van der Waals surface area contributed by atoms with E-state index in [1.807, 2.05) is 44.2 Å². The third-order valence-corrected chi connectivity index (χ3v) is 4.09. The van der Waals surface area contributed by atoms with Gasteiger partial charge in [0.1, 0.15) is 0 Å². The molecule has 2 N–H and O–H groups in total. The number of aryl methyl sites for hydroxylation is 2. The highest BCUT2D eigenvalue weighted by atomic mass is 16.5. The molecule has 0 spiro atoms. The van der Waals surface area contributed by atoms with Crippen LogP contribution in [0, 0.1) is 13.8 Å². The molecule has 0 unspecified atom stereocenters. The van der Waals surface area contributed by atoms with E-state index in [0.717, 1.165) is 16.8 Å². The van der Waals surface area contributed by atoms with Crippen molar-refractivity contribution in [1.82, 2.24) is 10.2 Å². The first-order valence-corrected chi connectivity index (χ1v) is 8.79.